The number of ether oxygens (including phenoxy) is 2. The quantitative estimate of drug-likeness (QED) is 0.455. The minimum atomic E-state index is -0.202. The van der Waals surface area contributed by atoms with Crippen LogP contribution in [-0.4, -0.2) is 17.5 Å². The van der Waals surface area contributed by atoms with E-state index >= 15 is 0 Å². The molecule has 29 heavy (non-hydrogen) atoms. The molecule has 1 unspecified atom stereocenters. The highest BCUT2D eigenvalue weighted by Crippen LogP contribution is 2.25. The van der Waals surface area contributed by atoms with Crippen molar-refractivity contribution in [3.05, 3.63) is 82.1 Å². The van der Waals surface area contributed by atoms with E-state index < -0.39 is 0 Å². The predicted octanol–water partition coefficient (Wildman–Crippen LogP) is 6.29. The number of pyridine rings is 1. The maximum atomic E-state index is 12.6. The fourth-order valence-electron chi connectivity index (χ4n) is 2.83. The number of rotatable bonds is 7. The highest BCUT2D eigenvalue weighted by Gasteiger charge is 2.14. The topological polar surface area (TPSA) is 60.5 Å². The highest BCUT2D eigenvalue weighted by atomic mass is 79.9. The molecule has 1 amide bonds. The van der Waals surface area contributed by atoms with Crippen LogP contribution in [0.2, 0.25) is 0 Å². The number of aryl methyl sites for hydroxylation is 1. The molecule has 1 aromatic heterocycles. The Morgan fingerprint density at radius 2 is 1.66 bits per heavy atom. The number of nitrogens with one attached hydrogen (secondary N) is 1. The molecule has 3 aromatic rings. The van der Waals surface area contributed by atoms with Crippen molar-refractivity contribution in [1.29, 1.82) is 0 Å². The van der Waals surface area contributed by atoms with Gasteiger partial charge in [0.05, 0.1) is 23.1 Å². The fraction of sp³-hybridized carbons (Fsp3) is 0.217. The third-order valence-electron chi connectivity index (χ3n) is 4.35. The molecule has 1 N–H and O–H groups in total. The van der Waals surface area contributed by atoms with Crippen molar-refractivity contribution < 1.29 is 14.3 Å². The normalized spacial score (nSPS) is 11.7. The molecule has 1 atom stereocenters. The molecule has 3 rings (SSSR count). The third-order valence-corrected chi connectivity index (χ3v) is 4.88. The standard InChI is InChI=1S/C23H23BrN2O3/c1-4-28-16(3)22-14-13-21(15(2)25-22)23(27)26-18-7-11-20(12-8-18)29-19-9-5-17(24)6-10-19/h5-14,16H,4H2,1-3H3,(H,26,27). The molecular formula is C23H23BrN2O3. The second-order valence-electron chi connectivity index (χ2n) is 6.50. The molecule has 2 aromatic carbocycles. The molecule has 150 valence electrons. The smallest absolute Gasteiger partial charge is 0.257 e. The third kappa shape index (κ3) is 5.65. The van der Waals surface area contributed by atoms with Crippen molar-refractivity contribution in [2.45, 2.75) is 26.9 Å². The van der Waals surface area contributed by atoms with Crippen LogP contribution in [0.3, 0.4) is 0 Å². The van der Waals surface area contributed by atoms with Crippen molar-refractivity contribution >= 4 is 27.5 Å². The summed E-state index contributed by atoms with van der Waals surface area (Å²) in [6, 6.07) is 18.5. The summed E-state index contributed by atoms with van der Waals surface area (Å²) in [5.41, 5.74) is 2.70. The van der Waals surface area contributed by atoms with E-state index in [0.717, 1.165) is 15.9 Å². The van der Waals surface area contributed by atoms with Crippen LogP contribution in [0.4, 0.5) is 5.69 Å². The van der Waals surface area contributed by atoms with Gasteiger partial charge < -0.3 is 14.8 Å². The Bertz CT molecular complexity index is 972. The van der Waals surface area contributed by atoms with Gasteiger partial charge >= 0.3 is 0 Å². The summed E-state index contributed by atoms with van der Waals surface area (Å²) in [6.45, 7) is 6.33. The summed E-state index contributed by atoms with van der Waals surface area (Å²) >= 11 is 3.40. The van der Waals surface area contributed by atoms with Crippen LogP contribution in [0.1, 0.15) is 41.7 Å². The number of nitrogens with zero attached hydrogens (tertiary/aromatic N) is 1. The van der Waals surface area contributed by atoms with E-state index in [1.54, 1.807) is 18.2 Å². The van der Waals surface area contributed by atoms with Gasteiger partial charge in [-0.15, -0.1) is 0 Å². The molecule has 0 saturated carbocycles. The summed E-state index contributed by atoms with van der Waals surface area (Å²) in [5, 5.41) is 2.90. The van der Waals surface area contributed by atoms with Crippen LogP contribution in [0.25, 0.3) is 0 Å². The summed E-state index contributed by atoms with van der Waals surface area (Å²) in [7, 11) is 0. The Morgan fingerprint density at radius 3 is 2.24 bits per heavy atom. The van der Waals surface area contributed by atoms with Gasteiger partial charge in [-0.3, -0.25) is 9.78 Å². The maximum Gasteiger partial charge on any atom is 0.257 e. The van der Waals surface area contributed by atoms with Crippen molar-refractivity contribution in [1.82, 2.24) is 4.98 Å². The molecule has 0 aliphatic heterocycles. The molecule has 0 bridgehead atoms. The lowest BCUT2D eigenvalue weighted by Crippen LogP contribution is -2.15. The van der Waals surface area contributed by atoms with Gasteiger partial charge in [0, 0.05) is 16.8 Å². The van der Waals surface area contributed by atoms with E-state index in [4.69, 9.17) is 9.47 Å². The number of aromatic nitrogens is 1. The van der Waals surface area contributed by atoms with Gasteiger partial charge in [-0.25, -0.2) is 0 Å². The Labute approximate surface area is 179 Å². The van der Waals surface area contributed by atoms with E-state index in [1.807, 2.05) is 63.2 Å². The van der Waals surface area contributed by atoms with E-state index in [2.05, 4.69) is 26.2 Å². The van der Waals surface area contributed by atoms with Crippen LogP contribution in [0, 0.1) is 6.92 Å². The van der Waals surface area contributed by atoms with E-state index in [0.29, 0.717) is 29.3 Å². The minimum absolute atomic E-state index is 0.103. The lowest BCUT2D eigenvalue weighted by Gasteiger charge is -2.13. The number of anilines is 1. The average Bonchev–Trinajstić information content (AvgIpc) is 2.71. The van der Waals surface area contributed by atoms with Gasteiger partial charge in [0.1, 0.15) is 11.5 Å². The van der Waals surface area contributed by atoms with Gasteiger partial charge in [-0.1, -0.05) is 15.9 Å². The first-order valence-corrected chi connectivity index (χ1v) is 10.2. The number of benzene rings is 2. The molecule has 0 fully saturated rings. The number of halogens is 1. The second-order valence-corrected chi connectivity index (χ2v) is 7.42. The zero-order chi connectivity index (χ0) is 20.8. The summed E-state index contributed by atoms with van der Waals surface area (Å²) < 4.78 is 12.4. The molecule has 0 aliphatic rings. The Balaban J connectivity index is 1.65. The highest BCUT2D eigenvalue weighted by molar-refractivity contribution is 9.10. The number of carbonyl (C=O) groups is 1. The van der Waals surface area contributed by atoms with Crippen LogP contribution < -0.4 is 10.1 Å². The number of hydrogen-bond donors (Lipinski definition) is 1. The van der Waals surface area contributed by atoms with Crippen LogP contribution in [0.5, 0.6) is 11.5 Å². The Morgan fingerprint density at radius 1 is 1.03 bits per heavy atom. The molecule has 0 spiro atoms. The molecule has 6 heteroatoms. The minimum Gasteiger partial charge on any atom is -0.457 e. The summed E-state index contributed by atoms with van der Waals surface area (Å²) in [5.74, 6) is 1.23. The predicted molar refractivity (Wildman–Crippen MR) is 118 cm³/mol. The molecule has 5 nitrogen and oxygen atoms in total. The van der Waals surface area contributed by atoms with Crippen molar-refractivity contribution in [2.24, 2.45) is 0 Å². The van der Waals surface area contributed by atoms with Crippen LogP contribution >= 0.6 is 15.9 Å². The lowest BCUT2D eigenvalue weighted by atomic mass is 10.1. The fourth-order valence-corrected chi connectivity index (χ4v) is 3.09. The molecule has 0 saturated heterocycles. The van der Waals surface area contributed by atoms with Crippen molar-refractivity contribution in [2.75, 3.05) is 11.9 Å². The molecule has 0 radical (unpaired) electrons. The van der Waals surface area contributed by atoms with Gasteiger partial charge in [0.15, 0.2) is 0 Å². The largest absolute Gasteiger partial charge is 0.457 e. The average molecular weight is 455 g/mol. The zero-order valence-electron chi connectivity index (χ0n) is 16.6. The Hall–Kier alpha value is -2.70. The van der Waals surface area contributed by atoms with E-state index in [-0.39, 0.29) is 12.0 Å². The summed E-state index contributed by atoms with van der Waals surface area (Å²) in [4.78, 5) is 17.1. The number of amides is 1. The second kappa shape index (κ2) is 9.67. The van der Waals surface area contributed by atoms with E-state index in [1.165, 1.54) is 0 Å². The summed E-state index contributed by atoms with van der Waals surface area (Å²) in [6.07, 6.45) is -0.103. The van der Waals surface area contributed by atoms with E-state index in [9.17, 15) is 4.79 Å². The zero-order valence-corrected chi connectivity index (χ0v) is 18.2. The first-order valence-electron chi connectivity index (χ1n) is 9.40. The van der Waals surface area contributed by atoms with Crippen LogP contribution in [-0.2, 0) is 4.74 Å². The first-order chi connectivity index (χ1) is 14.0. The molecular weight excluding hydrogens is 432 g/mol. The lowest BCUT2D eigenvalue weighted by molar-refractivity contribution is 0.0732. The van der Waals surface area contributed by atoms with Crippen molar-refractivity contribution in [3.63, 3.8) is 0 Å². The number of carbonyl (C=O) groups excluding carboxylic acids is 1. The SMILES string of the molecule is CCOC(C)c1ccc(C(=O)Nc2ccc(Oc3ccc(Br)cc3)cc2)c(C)n1. The molecule has 0 aliphatic carbocycles. The Kier molecular flexibility index (Phi) is 7.01. The van der Waals surface area contributed by atoms with Gasteiger partial charge in [0.25, 0.3) is 5.91 Å². The number of hydrogen-bond acceptors (Lipinski definition) is 4. The van der Waals surface area contributed by atoms with Crippen molar-refractivity contribution in [3.8, 4) is 11.5 Å². The monoisotopic (exact) mass is 454 g/mol. The van der Waals surface area contributed by atoms with Crippen LogP contribution in [0.15, 0.2) is 65.1 Å². The maximum absolute atomic E-state index is 12.6. The van der Waals surface area contributed by atoms with Gasteiger partial charge in [0.2, 0.25) is 0 Å². The van der Waals surface area contributed by atoms with Gasteiger partial charge in [-0.05, 0) is 81.4 Å². The van der Waals surface area contributed by atoms with Gasteiger partial charge in [-0.2, -0.15) is 0 Å². The molecule has 1 heterocycles. The first kappa shape index (κ1) is 21.0.